The van der Waals surface area contributed by atoms with E-state index >= 15 is 0 Å². The number of imidazole rings is 1. The molecule has 0 spiro atoms. The molecule has 1 aromatic heterocycles. The summed E-state index contributed by atoms with van der Waals surface area (Å²) in [6.07, 6.45) is 2.31. The molecule has 2 aromatic rings. The Balaban J connectivity index is 2.62. The van der Waals surface area contributed by atoms with Gasteiger partial charge in [0.1, 0.15) is 5.82 Å². The summed E-state index contributed by atoms with van der Waals surface area (Å²) in [6, 6.07) is 6.84. The molecular weight excluding hydrogens is 359 g/mol. The van der Waals surface area contributed by atoms with Gasteiger partial charge in [0.15, 0.2) is 0 Å². The maximum absolute atomic E-state index is 6.28. The van der Waals surface area contributed by atoms with Crippen molar-refractivity contribution in [1.29, 1.82) is 0 Å². The molecule has 0 N–H and O–H groups in total. The van der Waals surface area contributed by atoms with E-state index in [-0.39, 0.29) is 5.38 Å². The second-order valence-corrected chi connectivity index (χ2v) is 6.63. The SMILES string of the molecule is CCCC(C)n1c(C(C)Cl)nc2cc(I)ccc21. The third-order valence-corrected chi connectivity index (χ3v) is 4.05. The van der Waals surface area contributed by atoms with E-state index < -0.39 is 0 Å². The zero-order valence-corrected chi connectivity index (χ0v) is 13.9. The predicted octanol–water partition coefficient (Wildman–Crippen LogP) is 5.30. The average Bonchev–Trinajstić information content (AvgIpc) is 2.67. The topological polar surface area (TPSA) is 17.8 Å². The van der Waals surface area contributed by atoms with E-state index in [1.54, 1.807) is 0 Å². The number of hydrogen-bond donors (Lipinski definition) is 0. The lowest BCUT2D eigenvalue weighted by Crippen LogP contribution is -2.09. The molecule has 0 saturated carbocycles. The molecule has 0 aliphatic rings. The third-order valence-electron chi connectivity index (χ3n) is 3.18. The van der Waals surface area contributed by atoms with Crippen molar-refractivity contribution in [2.24, 2.45) is 0 Å². The van der Waals surface area contributed by atoms with E-state index in [4.69, 9.17) is 16.6 Å². The molecule has 0 aliphatic heterocycles. The van der Waals surface area contributed by atoms with Crippen molar-refractivity contribution in [3.05, 3.63) is 27.6 Å². The highest BCUT2D eigenvalue weighted by Gasteiger charge is 2.18. The van der Waals surface area contributed by atoms with Crippen molar-refractivity contribution in [1.82, 2.24) is 9.55 Å². The molecule has 1 aromatic carbocycles. The van der Waals surface area contributed by atoms with Gasteiger partial charge in [-0.15, -0.1) is 11.6 Å². The van der Waals surface area contributed by atoms with Gasteiger partial charge in [-0.1, -0.05) is 13.3 Å². The summed E-state index contributed by atoms with van der Waals surface area (Å²) in [5.41, 5.74) is 2.24. The van der Waals surface area contributed by atoms with Gasteiger partial charge in [-0.05, 0) is 61.1 Å². The minimum Gasteiger partial charge on any atom is -0.324 e. The molecule has 1 heterocycles. The maximum atomic E-state index is 6.28. The van der Waals surface area contributed by atoms with Crippen LogP contribution in [-0.2, 0) is 0 Å². The molecular formula is C14H18ClIN2. The number of hydrogen-bond acceptors (Lipinski definition) is 1. The van der Waals surface area contributed by atoms with Crippen LogP contribution >= 0.6 is 34.2 Å². The van der Waals surface area contributed by atoms with E-state index in [2.05, 4.69) is 59.2 Å². The summed E-state index contributed by atoms with van der Waals surface area (Å²) in [4.78, 5) is 4.70. The van der Waals surface area contributed by atoms with Gasteiger partial charge in [0.25, 0.3) is 0 Å². The van der Waals surface area contributed by atoms with Gasteiger partial charge in [-0.25, -0.2) is 4.98 Å². The lowest BCUT2D eigenvalue weighted by molar-refractivity contribution is 0.494. The number of rotatable bonds is 4. The van der Waals surface area contributed by atoms with Gasteiger partial charge in [-0.3, -0.25) is 0 Å². The fourth-order valence-corrected chi connectivity index (χ4v) is 3.01. The highest BCUT2D eigenvalue weighted by Crippen LogP contribution is 2.30. The Morgan fingerprint density at radius 3 is 2.72 bits per heavy atom. The highest BCUT2D eigenvalue weighted by molar-refractivity contribution is 14.1. The average molecular weight is 377 g/mol. The van der Waals surface area contributed by atoms with Crippen molar-refractivity contribution >= 4 is 45.2 Å². The summed E-state index contributed by atoms with van der Waals surface area (Å²) in [6.45, 7) is 6.44. The summed E-state index contributed by atoms with van der Waals surface area (Å²) in [5, 5.41) is -0.0608. The van der Waals surface area contributed by atoms with E-state index in [1.807, 2.05) is 6.92 Å². The van der Waals surface area contributed by atoms with Gasteiger partial charge in [-0.2, -0.15) is 0 Å². The predicted molar refractivity (Wildman–Crippen MR) is 86.3 cm³/mol. The Bertz CT molecular complexity index is 548. The fraction of sp³-hybridized carbons (Fsp3) is 0.500. The van der Waals surface area contributed by atoms with Crippen molar-refractivity contribution in [2.45, 2.75) is 45.0 Å². The molecule has 0 bridgehead atoms. The zero-order valence-electron chi connectivity index (χ0n) is 11.0. The Morgan fingerprint density at radius 2 is 2.11 bits per heavy atom. The lowest BCUT2D eigenvalue weighted by atomic mass is 10.2. The van der Waals surface area contributed by atoms with Crippen LogP contribution in [-0.4, -0.2) is 9.55 Å². The number of nitrogens with zero attached hydrogens (tertiary/aromatic N) is 2. The number of aromatic nitrogens is 2. The Labute approximate surface area is 127 Å². The Morgan fingerprint density at radius 1 is 1.39 bits per heavy atom. The number of alkyl halides is 1. The van der Waals surface area contributed by atoms with Crippen molar-refractivity contribution < 1.29 is 0 Å². The van der Waals surface area contributed by atoms with Gasteiger partial charge >= 0.3 is 0 Å². The Hall–Kier alpha value is -0.290. The number of benzene rings is 1. The fourth-order valence-electron chi connectivity index (χ4n) is 2.38. The van der Waals surface area contributed by atoms with E-state index in [9.17, 15) is 0 Å². The van der Waals surface area contributed by atoms with Crippen LogP contribution in [0.5, 0.6) is 0 Å². The van der Waals surface area contributed by atoms with Crippen LogP contribution in [0.25, 0.3) is 11.0 Å². The summed E-state index contributed by atoms with van der Waals surface area (Å²) >= 11 is 8.60. The lowest BCUT2D eigenvalue weighted by Gasteiger charge is -2.17. The van der Waals surface area contributed by atoms with Crippen molar-refractivity contribution in [3.8, 4) is 0 Å². The van der Waals surface area contributed by atoms with Gasteiger partial charge < -0.3 is 4.57 Å². The molecule has 2 atom stereocenters. The normalized spacial score (nSPS) is 14.9. The van der Waals surface area contributed by atoms with Crippen LogP contribution < -0.4 is 0 Å². The standard InChI is InChI=1S/C14H18ClIN2/c1-4-5-9(2)18-13-7-6-11(16)8-12(13)17-14(18)10(3)15/h6-10H,4-5H2,1-3H3. The molecule has 0 fully saturated rings. The number of halogens is 2. The Kier molecular flexibility index (Phi) is 4.54. The van der Waals surface area contributed by atoms with Gasteiger partial charge in [0.05, 0.1) is 16.4 Å². The van der Waals surface area contributed by atoms with Crippen LogP contribution in [0.3, 0.4) is 0 Å². The second kappa shape index (κ2) is 5.78. The van der Waals surface area contributed by atoms with Crippen molar-refractivity contribution in [3.63, 3.8) is 0 Å². The summed E-state index contributed by atoms with van der Waals surface area (Å²) in [5.74, 6) is 0.981. The van der Waals surface area contributed by atoms with Crippen molar-refractivity contribution in [2.75, 3.05) is 0 Å². The van der Waals surface area contributed by atoms with Gasteiger partial charge in [0.2, 0.25) is 0 Å². The first-order chi connectivity index (χ1) is 8.54. The highest BCUT2D eigenvalue weighted by atomic mass is 127. The maximum Gasteiger partial charge on any atom is 0.127 e. The van der Waals surface area contributed by atoms with E-state index in [1.165, 1.54) is 15.5 Å². The molecule has 4 heteroatoms. The van der Waals surface area contributed by atoms with Crippen LogP contribution in [0.2, 0.25) is 0 Å². The summed E-state index contributed by atoms with van der Waals surface area (Å²) < 4.78 is 3.51. The van der Waals surface area contributed by atoms with E-state index in [0.29, 0.717) is 6.04 Å². The van der Waals surface area contributed by atoms with Crippen LogP contribution in [0.15, 0.2) is 18.2 Å². The summed E-state index contributed by atoms with van der Waals surface area (Å²) in [7, 11) is 0. The van der Waals surface area contributed by atoms with Crippen LogP contribution in [0.1, 0.15) is 50.9 Å². The quantitative estimate of drug-likeness (QED) is 0.523. The first-order valence-corrected chi connectivity index (χ1v) is 7.87. The minimum absolute atomic E-state index is 0.0608. The molecule has 18 heavy (non-hydrogen) atoms. The smallest absolute Gasteiger partial charge is 0.127 e. The molecule has 0 saturated heterocycles. The number of fused-ring (bicyclic) bond motifs is 1. The molecule has 0 radical (unpaired) electrons. The molecule has 2 unspecified atom stereocenters. The third kappa shape index (κ3) is 2.67. The van der Waals surface area contributed by atoms with Crippen LogP contribution in [0, 0.1) is 3.57 Å². The monoisotopic (exact) mass is 376 g/mol. The minimum atomic E-state index is -0.0608. The van der Waals surface area contributed by atoms with Crippen LogP contribution in [0.4, 0.5) is 0 Å². The second-order valence-electron chi connectivity index (χ2n) is 4.73. The largest absolute Gasteiger partial charge is 0.324 e. The first kappa shape index (κ1) is 14.1. The van der Waals surface area contributed by atoms with Gasteiger partial charge in [0, 0.05) is 9.61 Å². The molecule has 0 amide bonds. The molecule has 98 valence electrons. The first-order valence-electron chi connectivity index (χ1n) is 6.36. The molecule has 2 nitrogen and oxygen atoms in total. The zero-order chi connectivity index (χ0) is 13.3. The molecule has 2 rings (SSSR count). The van der Waals surface area contributed by atoms with E-state index in [0.717, 1.165) is 17.8 Å². The molecule has 0 aliphatic carbocycles.